The maximum atomic E-state index is 9.82. The summed E-state index contributed by atoms with van der Waals surface area (Å²) in [5, 5.41) is 9.82. The van der Waals surface area contributed by atoms with Gasteiger partial charge in [-0.25, -0.2) is 0 Å². The quantitative estimate of drug-likeness (QED) is 0.713. The van der Waals surface area contributed by atoms with E-state index in [4.69, 9.17) is 0 Å². The fourth-order valence-electron chi connectivity index (χ4n) is 5.05. The highest BCUT2D eigenvalue weighted by molar-refractivity contribution is 5.15. The summed E-state index contributed by atoms with van der Waals surface area (Å²) in [6, 6.07) is 0. The first kappa shape index (κ1) is 14.1. The number of hydrogen-bond donors (Lipinski definition) is 1. The van der Waals surface area contributed by atoms with Crippen molar-refractivity contribution in [1.82, 2.24) is 0 Å². The number of fused-ring (bicyclic) bond motifs is 1. The van der Waals surface area contributed by atoms with Crippen LogP contribution >= 0.6 is 0 Å². The molecule has 0 bridgehead atoms. The Kier molecular flexibility index (Phi) is 3.66. The fourth-order valence-corrected chi connectivity index (χ4v) is 5.05. The molecule has 0 amide bonds. The Hall–Kier alpha value is -0.300. The second-order valence-electron chi connectivity index (χ2n) is 7.73. The predicted octanol–water partition coefficient (Wildman–Crippen LogP) is 4.56. The third kappa shape index (κ3) is 2.27. The molecule has 0 spiro atoms. The van der Waals surface area contributed by atoms with Crippen LogP contribution in [0.25, 0.3) is 0 Å². The van der Waals surface area contributed by atoms with Crippen molar-refractivity contribution >= 4 is 0 Å². The third-order valence-electron chi connectivity index (χ3n) is 5.90. The van der Waals surface area contributed by atoms with Crippen LogP contribution in [0.3, 0.4) is 0 Å². The zero-order valence-corrected chi connectivity index (χ0v) is 12.6. The van der Waals surface area contributed by atoms with Gasteiger partial charge in [0.15, 0.2) is 0 Å². The van der Waals surface area contributed by atoms with Crippen LogP contribution in [0.4, 0.5) is 0 Å². The monoisotopic (exact) mass is 250 g/mol. The van der Waals surface area contributed by atoms with Crippen molar-refractivity contribution in [2.45, 2.75) is 72.3 Å². The summed E-state index contributed by atoms with van der Waals surface area (Å²) in [4.78, 5) is 0. The number of allylic oxidation sites excluding steroid dienone is 1. The number of aliphatic hydroxyl groups excluding tert-OH is 1. The Morgan fingerprint density at radius 3 is 2.61 bits per heavy atom. The van der Waals surface area contributed by atoms with Crippen LogP contribution in [0.5, 0.6) is 0 Å². The maximum absolute atomic E-state index is 9.82. The maximum Gasteiger partial charge on any atom is 0.0518 e. The highest BCUT2D eigenvalue weighted by Crippen LogP contribution is 2.61. The van der Waals surface area contributed by atoms with Gasteiger partial charge in [-0.15, -0.1) is 0 Å². The van der Waals surface area contributed by atoms with E-state index in [0.717, 1.165) is 12.3 Å². The lowest BCUT2D eigenvalue weighted by Crippen LogP contribution is -2.50. The molecule has 104 valence electrons. The summed E-state index contributed by atoms with van der Waals surface area (Å²) in [6.07, 6.45) is 7.19. The topological polar surface area (TPSA) is 20.2 Å². The van der Waals surface area contributed by atoms with E-state index in [9.17, 15) is 5.11 Å². The summed E-state index contributed by atoms with van der Waals surface area (Å²) in [5.74, 6) is 1.32. The first-order chi connectivity index (χ1) is 8.27. The van der Waals surface area contributed by atoms with Crippen LogP contribution < -0.4 is 0 Å². The molecule has 1 heteroatoms. The molecule has 0 aromatic rings. The smallest absolute Gasteiger partial charge is 0.0518 e. The van der Waals surface area contributed by atoms with Crippen LogP contribution in [0.2, 0.25) is 0 Å². The first-order valence-electron chi connectivity index (χ1n) is 7.63. The molecule has 0 heterocycles. The van der Waals surface area contributed by atoms with Crippen molar-refractivity contribution in [2.24, 2.45) is 22.7 Å². The zero-order valence-electron chi connectivity index (χ0n) is 12.6. The molecule has 1 unspecified atom stereocenters. The summed E-state index contributed by atoms with van der Waals surface area (Å²) in [5.41, 5.74) is 2.23. The van der Waals surface area contributed by atoms with E-state index in [1.54, 1.807) is 0 Å². The predicted molar refractivity (Wildman–Crippen MR) is 77.4 cm³/mol. The SMILES string of the molecule is C=C1CCC2C(C)(C)CCC[C@]2(C)[C@H]1C[C@H](C)O. The van der Waals surface area contributed by atoms with Crippen molar-refractivity contribution in [3.63, 3.8) is 0 Å². The Bertz CT molecular complexity index is 329. The van der Waals surface area contributed by atoms with Crippen LogP contribution in [0, 0.1) is 22.7 Å². The fraction of sp³-hybridized carbons (Fsp3) is 0.882. The van der Waals surface area contributed by atoms with Gasteiger partial charge in [0.1, 0.15) is 0 Å². The molecule has 2 aliphatic rings. The van der Waals surface area contributed by atoms with Crippen molar-refractivity contribution in [3.8, 4) is 0 Å². The summed E-state index contributed by atoms with van der Waals surface area (Å²) in [7, 11) is 0. The molecular formula is C17H30O. The largest absolute Gasteiger partial charge is 0.393 e. The highest BCUT2D eigenvalue weighted by Gasteiger charge is 2.52. The lowest BCUT2D eigenvalue weighted by molar-refractivity contribution is -0.0623. The van der Waals surface area contributed by atoms with Gasteiger partial charge in [0.2, 0.25) is 0 Å². The molecule has 1 nitrogen and oxygen atoms in total. The standard InChI is InChI=1S/C17H30O/c1-12-7-8-15-16(3,4)9-6-10-17(15,5)14(12)11-13(2)18/h13-15,18H,1,6-11H2,2-5H3/t13-,14-,15?,17+/m0/s1. The summed E-state index contributed by atoms with van der Waals surface area (Å²) < 4.78 is 0. The lowest BCUT2D eigenvalue weighted by Gasteiger charge is -2.58. The minimum Gasteiger partial charge on any atom is -0.393 e. The van der Waals surface area contributed by atoms with Gasteiger partial charge in [0.05, 0.1) is 6.10 Å². The van der Waals surface area contributed by atoms with Gasteiger partial charge >= 0.3 is 0 Å². The molecule has 2 saturated carbocycles. The number of hydrogen-bond acceptors (Lipinski definition) is 1. The van der Waals surface area contributed by atoms with Gasteiger partial charge in [0.25, 0.3) is 0 Å². The molecule has 4 atom stereocenters. The second kappa shape index (κ2) is 4.67. The molecule has 0 aromatic heterocycles. The lowest BCUT2D eigenvalue weighted by atomic mass is 9.47. The molecule has 2 fully saturated rings. The molecule has 1 N–H and O–H groups in total. The van der Waals surface area contributed by atoms with E-state index >= 15 is 0 Å². The average Bonchev–Trinajstić information content (AvgIpc) is 2.22. The second-order valence-corrected chi connectivity index (χ2v) is 7.73. The first-order valence-corrected chi connectivity index (χ1v) is 7.63. The Balaban J connectivity index is 2.31. The van der Waals surface area contributed by atoms with Gasteiger partial charge < -0.3 is 5.11 Å². The third-order valence-corrected chi connectivity index (χ3v) is 5.90. The van der Waals surface area contributed by atoms with Crippen LogP contribution in [0.15, 0.2) is 12.2 Å². The summed E-state index contributed by atoms with van der Waals surface area (Å²) in [6.45, 7) is 13.6. The van der Waals surface area contributed by atoms with Gasteiger partial charge in [0, 0.05) is 0 Å². The molecule has 0 aliphatic heterocycles. The van der Waals surface area contributed by atoms with Gasteiger partial charge in [-0.3, -0.25) is 0 Å². The van der Waals surface area contributed by atoms with Gasteiger partial charge in [-0.1, -0.05) is 39.3 Å². The molecule has 2 aliphatic carbocycles. The number of rotatable bonds is 2. The molecule has 0 saturated heterocycles. The van der Waals surface area contributed by atoms with E-state index in [-0.39, 0.29) is 6.10 Å². The molecule has 0 aromatic carbocycles. The highest BCUT2D eigenvalue weighted by atomic mass is 16.3. The van der Waals surface area contributed by atoms with Gasteiger partial charge in [-0.2, -0.15) is 0 Å². The zero-order chi connectivity index (χ0) is 13.6. The normalized spacial score (nSPS) is 41.3. The van der Waals surface area contributed by atoms with E-state index in [2.05, 4.69) is 27.4 Å². The molecular weight excluding hydrogens is 220 g/mol. The Labute approximate surface area is 113 Å². The van der Waals surface area contributed by atoms with Crippen molar-refractivity contribution in [3.05, 3.63) is 12.2 Å². The van der Waals surface area contributed by atoms with E-state index in [1.807, 2.05) is 6.92 Å². The van der Waals surface area contributed by atoms with Gasteiger partial charge in [-0.05, 0) is 61.7 Å². The minimum atomic E-state index is -0.202. The number of aliphatic hydroxyl groups is 1. The van der Waals surface area contributed by atoms with Crippen LogP contribution in [0.1, 0.15) is 66.2 Å². The average molecular weight is 250 g/mol. The van der Waals surface area contributed by atoms with Crippen molar-refractivity contribution in [1.29, 1.82) is 0 Å². The van der Waals surface area contributed by atoms with E-state index < -0.39 is 0 Å². The Morgan fingerprint density at radius 1 is 1.33 bits per heavy atom. The minimum absolute atomic E-state index is 0.202. The van der Waals surface area contributed by atoms with E-state index in [1.165, 1.54) is 37.7 Å². The van der Waals surface area contributed by atoms with Crippen molar-refractivity contribution < 1.29 is 5.11 Å². The summed E-state index contributed by atoms with van der Waals surface area (Å²) >= 11 is 0. The van der Waals surface area contributed by atoms with Crippen LogP contribution in [-0.4, -0.2) is 11.2 Å². The Morgan fingerprint density at radius 2 is 2.00 bits per heavy atom. The van der Waals surface area contributed by atoms with E-state index in [0.29, 0.717) is 16.7 Å². The molecule has 2 rings (SSSR count). The molecule has 18 heavy (non-hydrogen) atoms. The molecule has 0 radical (unpaired) electrons. The van der Waals surface area contributed by atoms with Crippen molar-refractivity contribution in [2.75, 3.05) is 0 Å². The van der Waals surface area contributed by atoms with Crippen LogP contribution in [-0.2, 0) is 0 Å².